The molecule has 5 heteroatoms. The lowest BCUT2D eigenvalue weighted by atomic mass is 10.2. The molecular formula is C7H5F2N3. The number of H-pyrrole nitrogens is 1. The quantitative estimate of drug-likeness (QED) is 0.649. The van der Waals surface area contributed by atoms with Gasteiger partial charge in [0.05, 0.1) is 0 Å². The molecule has 0 fully saturated rings. The molecule has 1 N–H and O–H groups in total. The van der Waals surface area contributed by atoms with E-state index in [0.29, 0.717) is 0 Å². The summed E-state index contributed by atoms with van der Waals surface area (Å²) in [7, 11) is 0. The molecule has 0 aliphatic rings. The highest BCUT2D eigenvalue weighted by atomic mass is 19.1. The number of aromatic amines is 1. The Hall–Kier alpha value is -1.52. The van der Waals surface area contributed by atoms with Crippen LogP contribution in [0.1, 0.15) is 5.56 Å². The molecule has 0 spiro atoms. The Morgan fingerprint density at radius 1 is 1.42 bits per heavy atom. The largest absolute Gasteiger partial charge is 0.255 e. The summed E-state index contributed by atoms with van der Waals surface area (Å²) in [6.07, 6.45) is 0. The third-order valence-electron chi connectivity index (χ3n) is 1.75. The molecule has 62 valence electrons. The van der Waals surface area contributed by atoms with Gasteiger partial charge in [-0.05, 0) is 6.92 Å². The van der Waals surface area contributed by atoms with Crippen molar-refractivity contribution in [3.05, 3.63) is 23.3 Å². The third kappa shape index (κ3) is 0.792. The van der Waals surface area contributed by atoms with Crippen molar-refractivity contribution in [1.82, 2.24) is 15.4 Å². The van der Waals surface area contributed by atoms with Crippen LogP contribution in [0.4, 0.5) is 8.78 Å². The van der Waals surface area contributed by atoms with Gasteiger partial charge in [-0.25, -0.2) is 8.78 Å². The van der Waals surface area contributed by atoms with Gasteiger partial charge in [-0.15, -0.1) is 5.10 Å². The Bertz CT molecular complexity index is 435. The number of benzene rings is 1. The molecule has 0 aliphatic heterocycles. The minimum atomic E-state index is -0.630. The summed E-state index contributed by atoms with van der Waals surface area (Å²) in [5, 5.41) is 9.21. The van der Waals surface area contributed by atoms with E-state index in [1.54, 1.807) is 0 Å². The maximum absolute atomic E-state index is 13.1. The van der Waals surface area contributed by atoms with Gasteiger partial charge in [0.2, 0.25) is 0 Å². The maximum atomic E-state index is 13.1. The molecule has 1 heterocycles. The van der Waals surface area contributed by atoms with Crippen molar-refractivity contribution in [3.63, 3.8) is 0 Å². The fourth-order valence-corrected chi connectivity index (χ4v) is 1.02. The summed E-state index contributed by atoms with van der Waals surface area (Å²) >= 11 is 0. The van der Waals surface area contributed by atoms with Crippen LogP contribution in [0.2, 0.25) is 0 Å². The zero-order chi connectivity index (χ0) is 8.72. The van der Waals surface area contributed by atoms with Crippen molar-refractivity contribution in [3.8, 4) is 0 Å². The van der Waals surface area contributed by atoms with Crippen LogP contribution in [0.3, 0.4) is 0 Å². The first-order valence-electron chi connectivity index (χ1n) is 3.35. The molecule has 0 aliphatic carbocycles. The van der Waals surface area contributed by atoms with Gasteiger partial charge in [-0.3, -0.25) is 5.10 Å². The third-order valence-corrected chi connectivity index (χ3v) is 1.75. The number of nitrogens with one attached hydrogen (secondary N) is 1. The van der Waals surface area contributed by atoms with Gasteiger partial charge in [0, 0.05) is 11.6 Å². The monoisotopic (exact) mass is 169 g/mol. The fourth-order valence-electron chi connectivity index (χ4n) is 1.02. The van der Waals surface area contributed by atoms with E-state index < -0.39 is 11.6 Å². The van der Waals surface area contributed by atoms with Crippen molar-refractivity contribution in [2.75, 3.05) is 0 Å². The van der Waals surface area contributed by atoms with Gasteiger partial charge in [0.1, 0.15) is 16.9 Å². The summed E-state index contributed by atoms with van der Waals surface area (Å²) in [5.41, 5.74) is 0.332. The normalized spacial score (nSPS) is 10.9. The second-order valence-electron chi connectivity index (χ2n) is 2.50. The lowest BCUT2D eigenvalue weighted by molar-refractivity contribution is 0.575. The first kappa shape index (κ1) is 7.15. The lowest BCUT2D eigenvalue weighted by Crippen LogP contribution is -1.89. The summed E-state index contributed by atoms with van der Waals surface area (Å²) in [5.74, 6) is -1.23. The van der Waals surface area contributed by atoms with Gasteiger partial charge >= 0.3 is 0 Å². The predicted molar refractivity (Wildman–Crippen MR) is 38.5 cm³/mol. The Labute approximate surface area is 66.4 Å². The number of halogens is 2. The second-order valence-corrected chi connectivity index (χ2v) is 2.50. The van der Waals surface area contributed by atoms with E-state index in [4.69, 9.17) is 0 Å². The number of rotatable bonds is 0. The van der Waals surface area contributed by atoms with Crippen molar-refractivity contribution in [2.45, 2.75) is 6.92 Å². The van der Waals surface area contributed by atoms with Gasteiger partial charge < -0.3 is 0 Å². The molecule has 0 atom stereocenters. The Balaban J connectivity index is 2.94. The summed E-state index contributed by atoms with van der Waals surface area (Å²) in [6.45, 7) is 1.37. The first-order valence-corrected chi connectivity index (χ1v) is 3.35. The molecule has 2 rings (SSSR count). The van der Waals surface area contributed by atoms with E-state index in [1.807, 2.05) is 0 Å². The molecule has 0 bridgehead atoms. The smallest absolute Gasteiger partial charge is 0.156 e. The first-order chi connectivity index (χ1) is 5.70. The Morgan fingerprint density at radius 3 is 2.92 bits per heavy atom. The standard InChI is InChI=1S/C7H5F2N3/c1-3-4(8)2-5-7(6(3)9)11-12-10-5/h2H,1H3,(H,10,11,12). The van der Waals surface area contributed by atoms with E-state index in [0.717, 1.165) is 6.07 Å². The SMILES string of the molecule is Cc1c(F)cc2nn[nH]c2c1F. The van der Waals surface area contributed by atoms with Crippen LogP contribution in [0.5, 0.6) is 0 Å². The Morgan fingerprint density at radius 2 is 2.17 bits per heavy atom. The predicted octanol–water partition coefficient (Wildman–Crippen LogP) is 1.54. The van der Waals surface area contributed by atoms with E-state index in [9.17, 15) is 8.78 Å². The van der Waals surface area contributed by atoms with Gasteiger partial charge in [0.15, 0.2) is 5.82 Å². The van der Waals surface area contributed by atoms with Crippen LogP contribution >= 0.6 is 0 Å². The van der Waals surface area contributed by atoms with Crippen LogP contribution in [0.15, 0.2) is 6.07 Å². The van der Waals surface area contributed by atoms with E-state index in [2.05, 4.69) is 15.4 Å². The number of hydrogen-bond acceptors (Lipinski definition) is 2. The fraction of sp³-hybridized carbons (Fsp3) is 0.143. The molecule has 0 saturated carbocycles. The molecule has 3 nitrogen and oxygen atoms in total. The zero-order valence-electron chi connectivity index (χ0n) is 6.23. The second kappa shape index (κ2) is 2.23. The lowest BCUT2D eigenvalue weighted by Gasteiger charge is -1.97. The number of aromatic nitrogens is 3. The van der Waals surface area contributed by atoms with Crippen LogP contribution in [0, 0.1) is 18.6 Å². The highest BCUT2D eigenvalue weighted by molar-refractivity contribution is 5.75. The molecule has 12 heavy (non-hydrogen) atoms. The number of hydrogen-bond donors (Lipinski definition) is 1. The van der Waals surface area contributed by atoms with Crippen LogP contribution < -0.4 is 0 Å². The highest BCUT2D eigenvalue weighted by Gasteiger charge is 2.11. The molecule has 1 aromatic heterocycles. The molecule has 0 unspecified atom stereocenters. The zero-order valence-corrected chi connectivity index (χ0v) is 6.23. The highest BCUT2D eigenvalue weighted by Crippen LogP contribution is 2.19. The van der Waals surface area contributed by atoms with Crippen molar-refractivity contribution < 1.29 is 8.78 Å². The molecule has 2 aromatic rings. The van der Waals surface area contributed by atoms with E-state index in [-0.39, 0.29) is 16.6 Å². The molecular weight excluding hydrogens is 164 g/mol. The molecule has 0 saturated heterocycles. The average Bonchev–Trinajstić information content (AvgIpc) is 2.48. The topological polar surface area (TPSA) is 41.6 Å². The van der Waals surface area contributed by atoms with E-state index in [1.165, 1.54) is 6.92 Å². The summed E-state index contributed by atoms with van der Waals surface area (Å²) in [6, 6.07) is 1.15. The maximum Gasteiger partial charge on any atom is 0.156 e. The molecule has 1 aromatic carbocycles. The minimum absolute atomic E-state index is 0.0199. The van der Waals surface area contributed by atoms with Crippen molar-refractivity contribution in [2.24, 2.45) is 0 Å². The van der Waals surface area contributed by atoms with E-state index >= 15 is 0 Å². The number of nitrogens with zero attached hydrogens (tertiary/aromatic N) is 2. The van der Waals surface area contributed by atoms with Gasteiger partial charge in [-0.2, -0.15) is 0 Å². The van der Waals surface area contributed by atoms with Gasteiger partial charge in [0.25, 0.3) is 0 Å². The van der Waals surface area contributed by atoms with Crippen LogP contribution in [-0.4, -0.2) is 15.4 Å². The molecule has 0 radical (unpaired) electrons. The van der Waals surface area contributed by atoms with Crippen molar-refractivity contribution >= 4 is 11.0 Å². The Kier molecular flexibility index (Phi) is 1.33. The molecule has 0 amide bonds. The van der Waals surface area contributed by atoms with Crippen molar-refractivity contribution in [1.29, 1.82) is 0 Å². The van der Waals surface area contributed by atoms with Crippen LogP contribution in [0.25, 0.3) is 11.0 Å². The average molecular weight is 169 g/mol. The van der Waals surface area contributed by atoms with Crippen LogP contribution in [-0.2, 0) is 0 Å². The summed E-state index contributed by atoms with van der Waals surface area (Å²) < 4.78 is 26.0. The van der Waals surface area contributed by atoms with Gasteiger partial charge in [-0.1, -0.05) is 5.21 Å². The minimum Gasteiger partial charge on any atom is -0.255 e. The number of fused-ring (bicyclic) bond motifs is 1. The summed E-state index contributed by atoms with van der Waals surface area (Å²) in [4.78, 5) is 0.